The van der Waals surface area contributed by atoms with Crippen molar-refractivity contribution in [2.75, 3.05) is 6.61 Å². The number of halogens is 3. The van der Waals surface area contributed by atoms with Crippen LogP contribution in [0.3, 0.4) is 0 Å². The summed E-state index contributed by atoms with van der Waals surface area (Å²) in [6, 6.07) is 2.65. The molecule has 2 heterocycles. The average molecular weight is 273 g/mol. The number of rotatable bonds is 3. The Bertz CT molecular complexity index is 607. The Morgan fingerprint density at radius 3 is 2.84 bits per heavy atom. The van der Waals surface area contributed by atoms with E-state index in [1.807, 2.05) is 0 Å². The van der Waals surface area contributed by atoms with Crippen LogP contribution in [0.2, 0.25) is 0 Å². The first kappa shape index (κ1) is 13.3. The molecule has 0 radical (unpaired) electrons. The van der Waals surface area contributed by atoms with Gasteiger partial charge in [-0.1, -0.05) is 0 Å². The minimum Gasteiger partial charge on any atom is -0.465 e. The molecule has 0 saturated heterocycles. The van der Waals surface area contributed by atoms with Crippen LogP contribution in [0.15, 0.2) is 18.3 Å². The molecule has 5 nitrogen and oxygen atoms in total. The van der Waals surface area contributed by atoms with Crippen molar-refractivity contribution in [1.82, 2.24) is 14.8 Å². The van der Waals surface area contributed by atoms with Gasteiger partial charge in [0.25, 0.3) is 0 Å². The molecule has 0 atom stereocenters. The summed E-state index contributed by atoms with van der Waals surface area (Å²) in [5.41, 5.74) is -1.05. The van der Waals surface area contributed by atoms with Gasteiger partial charge in [-0.25, -0.2) is 9.67 Å². The van der Waals surface area contributed by atoms with E-state index in [1.165, 1.54) is 18.3 Å². The van der Waals surface area contributed by atoms with Crippen molar-refractivity contribution >= 4 is 17.0 Å². The first-order valence-electron chi connectivity index (χ1n) is 5.48. The molecule has 0 aliphatic carbocycles. The summed E-state index contributed by atoms with van der Waals surface area (Å²) in [5, 5.41) is 3.27. The fraction of sp³-hybridized carbons (Fsp3) is 0.364. The third-order valence-electron chi connectivity index (χ3n) is 2.36. The summed E-state index contributed by atoms with van der Waals surface area (Å²) in [5.74, 6) is -0.661. The summed E-state index contributed by atoms with van der Waals surface area (Å²) in [4.78, 5) is 15.1. The van der Waals surface area contributed by atoms with E-state index in [9.17, 15) is 18.0 Å². The molecule has 19 heavy (non-hydrogen) atoms. The van der Waals surface area contributed by atoms with E-state index >= 15 is 0 Å². The molecule has 0 aliphatic rings. The molecule has 2 aromatic heterocycles. The highest BCUT2D eigenvalue weighted by Gasteiger charge is 2.37. The van der Waals surface area contributed by atoms with Crippen LogP contribution in [0.5, 0.6) is 0 Å². The van der Waals surface area contributed by atoms with Crippen LogP contribution >= 0.6 is 0 Å². The minimum absolute atomic E-state index is 0.00266. The zero-order valence-electron chi connectivity index (χ0n) is 9.94. The Hall–Kier alpha value is -2.12. The van der Waals surface area contributed by atoms with Gasteiger partial charge in [-0.3, -0.25) is 4.79 Å². The third-order valence-corrected chi connectivity index (χ3v) is 2.36. The Morgan fingerprint density at radius 1 is 1.47 bits per heavy atom. The topological polar surface area (TPSA) is 57.0 Å². The predicted molar refractivity (Wildman–Crippen MR) is 59.2 cm³/mol. The number of carbonyl (C=O) groups is 1. The Balaban J connectivity index is 2.48. The SMILES string of the molecule is CCOC(=O)Cn1nc(C(F)(F)F)c2cccnc21. The van der Waals surface area contributed by atoms with Crippen LogP contribution in [0.4, 0.5) is 13.2 Å². The largest absolute Gasteiger partial charge is 0.465 e. The summed E-state index contributed by atoms with van der Waals surface area (Å²) in [6.07, 6.45) is -3.26. The number of esters is 1. The lowest BCUT2D eigenvalue weighted by atomic mass is 10.2. The first-order chi connectivity index (χ1) is 8.93. The Kier molecular flexibility index (Phi) is 3.41. The van der Waals surface area contributed by atoms with Gasteiger partial charge in [-0.2, -0.15) is 18.3 Å². The molecule has 102 valence electrons. The van der Waals surface area contributed by atoms with E-state index < -0.39 is 24.4 Å². The third kappa shape index (κ3) is 2.67. The monoisotopic (exact) mass is 273 g/mol. The quantitative estimate of drug-likeness (QED) is 0.803. The van der Waals surface area contributed by atoms with Crippen LogP contribution in [-0.2, 0) is 22.3 Å². The van der Waals surface area contributed by atoms with Crippen molar-refractivity contribution in [3.05, 3.63) is 24.0 Å². The van der Waals surface area contributed by atoms with Gasteiger partial charge in [0.1, 0.15) is 6.54 Å². The Morgan fingerprint density at radius 2 is 2.21 bits per heavy atom. The van der Waals surface area contributed by atoms with Crippen LogP contribution in [0.25, 0.3) is 11.0 Å². The van der Waals surface area contributed by atoms with E-state index in [-0.39, 0.29) is 17.6 Å². The van der Waals surface area contributed by atoms with Gasteiger partial charge in [0.15, 0.2) is 11.3 Å². The van der Waals surface area contributed by atoms with Crippen LogP contribution in [-0.4, -0.2) is 27.3 Å². The maximum atomic E-state index is 12.8. The van der Waals surface area contributed by atoms with Gasteiger partial charge in [0.2, 0.25) is 0 Å². The fourth-order valence-corrected chi connectivity index (χ4v) is 1.66. The van der Waals surface area contributed by atoms with Crippen molar-refractivity contribution in [2.24, 2.45) is 0 Å². The van der Waals surface area contributed by atoms with Crippen molar-refractivity contribution in [1.29, 1.82) is 0 Å². The number of alkyl halides is 3. The highest BCUT2D eigenvalue weighted by Crippen LogP contribution is 2.33. The van der Waals surface area contributed by atoms with E-state index in [0.717, 1.165) is 4.68 Å². The van der Waals surface area contributed by atoms with Crippen molar-refractivity contribution < 1.29 is 22.7 Å². The highest BCUT2D eigenvalue weighted by atomic mass is 19.4. The van der Waals surface area contributed by atoms with Crippen molar-refractivity contribution in [3.8, 4) is 0 Å². The number of hydrogen-bond acceptors (Lipinski definition) is 4. The van der Waals surface area contributed by atoms with Crippen molar-refractivity contribution in [3.63, 3.8) is 0 Å². The number of pyridine rings is 1. The first-order valence-corrected chi connectivity index (χ1v) is 5.48. The zero-order chi connectivity index (χ0) is 14.0. The lowest BCUT2D eigenvalue weighted by molar-refractivity contribution is -0.145. The van der Waals surface area contributed by atoms with Gasteiger partial charge < -0.3 is 4.74 Å². The van der Waals surface area contributed by atoms with Gasteiger partial charge in [-0.05, 0) is 19.1 Å². The highest BCUT2D eigenvalue weighted by molar-refractivity contribution is 5.80. The zero-order valence-corrected chi connectivity index (χ0v) is 9.94. The maximum Gasteiger partial charge on any atom is 0.435 e. The number of ether oxygens (including phenoxy) is 1. The number of fused-ring (bicyclic) bond motifs is 1. The number of carbonyl (C=O) groups excluding carboxylic acids is 1. The van der Waals surface area contributed by atoms with Crippen LogP contribution in [0, 0.1) is 0 Å². The molecule has 0 N–H and O–H groups in total. The average Bonchev–Trinajstić information content (AvgIpc) is 2.69. The summed E-state index contributed by atoms with van der Waals surface area (Å²) in [6.45, 7) is 1.35. The summed E-state index contributed by atoms with van der Waals surface area (Å²) < 4.78 is 44.0. The molecule has 0 amide bonds. The molecular weight excluding hydrogens is 263 g/mol. The van der Waals surface area contributed by atoms with E-state index in [0.29, 0.717) is 0 Å². The molecule has 0 saturated carbocycles. The second kappa shape index (κ2) is 4.87. The van der Waals surface area contributed by atoms with Gasteiger partial charge in [-0.15, -0.1) is 0 Å². The molecule has 0 spiro atoms. The minimum atomic E-state index is -4.60. The summed E-state index contributed by atoms with van der Waals surface area (Å²) in [7, 11) is 0. The lowest BCUT2D eigenvalue weighted by Gasteiger charge is -2.03. The Labute approximate surface area is 106 Å². The van der Waals surface area contributed by atoms with Crippen LogP contribution < -0.4 is 0 Å². The number of nitrogens with zero attached hydrogens (tertiary/aromatic N) is 3. The molecular formula is C11H10F3N3O2. The molecule has 0 aliphatic heterocycles. The van der Waals surface area contributed by atoms with E-state index in [1.54, 1.807) is 6.92 Å². The molecule has 2 rings (SSSR count). The molecule has 0 aromatic carbocycles. The van der Waals surface area contributed by atoms with Gasteiger partial charge in [0, 0.05) is 6.20 Å². The van der Waals surface area contributed by atoms with Gasteiger partial charge >= 0.3 is 12.1 Å². The number of aromatic nitrogens is 3. The van der Waals surface area contributed by atoms with Gasteiger partial charge in [0.05, 0.1) is 12.0 Å². The second-order valence-electron chi connectivity index (χ2n) is 3.68. The smallest absolute Gasteiger partial charge is 0.435 e. The molecule has 0 bridgehead atoms. The van der Waals surface area contributed by atoms with E-state index in [4.69, 9.17) is 0 Å². The molecule has 0 unspecified atom stereocenters. The standard InChI is InChI=1S/C11H10F3N3O2/c1-2-19-8(18)6-17-10-7(4-3-5-15-10)9(16-17)11(12,13)14/h3-5H,2,6H2,1H3. The lowest BCUT2D eigenvalue weighted by Crippen LogP contribution is -2.16. The number of hydrogen-bond donors (Lipinski definition) is 0. The second-order valence-corrected chi connectivity index (χ2v) is 3.68. The predicted octanol–water partition coefficient (Wildman–Crippen LogP) is 2.01. The molecule has 8 heteroatoms. The van der Waals surface area contributed by atoms with Crippen molar-refractivity contribution in [2.45, 2.75) is 19.6 Å². The van der Waals surface area contributed by atoms with Crippen LogP contribution in [0.1, 0.15) is 12.6 Å². The molecule has 0 fully saturated rings. The maximum absolute atomic E-state index is 12.8. The normalized spacial score (nSPS) is 11.8. The van der Waals surface area contributed by atoms with E-state index in [2.05, 4.69) is 14.8 Å². The fourth-order valence-electron chi connectivity index (χ4n) is 1.66. The molecule has 2 aromatic rings. The summed E-state index contributed by atoms with van der Waals surface area (Å²) >= 11 is 0.